The lowest BCUT2D eigenvalue weighted by atomic mass is 9.96. The van der Waals surface area contributed by atoms with E-state index >= 15 is 0 Å². The number of aryl methyl sites for hydroxylation is 2. The Hall–Kier alpha value is -2.55. The summed E-state index contributed by atoms with van der Waals surface area (Å²) in [7, 11) is 0. The third-order valence-electron chi connectivity index (χ3n) is 6.66. The number of hydrogen-bond acceptors (Lipinski definition) is 7. The predicted octanol–water partition coefficient (Wildman–Crippen LogP) is 4.00. The number of ether oxygens (including phenoxy) is 1. The van der Waals surface area contributed by atoms with Crippen molar-refractivity contribution in [3.05, 3.63) is 46.6 Å². The first-order valence-corrected chi connectivity index (χ1v) is 12.6. The fourth-order valence-electron chi connectivity index (χ4n) is 4.68. The van der Waals surface area contributed by atoms with Gasteiger partial charge in [0.05, 0.1) is 31.1 Å². The number of benzene rings is 1. The molecule has 2 saturated heterocycles. The maximum Gasteiger partial charge on any atom is 0.229 e. The van der Waals surface area contributed by atoms with E-state index in [1.807, 2.05) is 30.3 Å². The van der Waals surface area contributed by atoms with Gasteiger partial charge in [0.25, 0.3) is 0 Å². The minimum atomic E-state index is -0.0632. The molecule has 8 heteroatoms. The number of aromatic nitrogens is 2. The zero-order valence-electron chi connectivity index (χ0n) is 19.3. The second kappa shape index (κ2) is 9.75. The summed E-state index contributed by atoms with van der Waals surface area (Å²) in [6.45, 7) is 9.96. The van der Waals surface area contributed by atoms with Crippen LogP contribution in [0.3, 0.4) is 0 Å². The molecule has 174 valence electrons. The Balaban J connectivity index is 1.41. The highest BCUT2D eigenvalue weighted by Gasteiger charge is 2.29. The average molecular weight is 466 g/mol. The van der Waals surface area contributed by atoms with Gasteiger partial charge in [0.15, 0.2) is 0 Å². The summed E-state index contributed by atoms with van der Waals surface area (Å²) in [5, 5.41) is 4.23. The Kier molecular flexibility index (Phi) is 6.57. The van der Waals surface area contributed by atoms with Crippen LogP contribution in [-0.4, -0.2) is 60.2 Å². The zero-order chi connectivity index (χ0) is 22.8. The van der Waals surface area contributed by atoms with Crippen molar-refractivity contribution in [1.82, 2.24) is 14.9 Å². The minimum Gasteiger partial charge on any atom is -0.379 e. The molecular weight excluding hydrogens is 434 g/mol. The summed E-state index contributed by atoms with van der Waals surface area (Å²) in [6, 6.07) is 9.71. The molecule has 1 unspecified atom stereocenters. The van der Waals surface area contributed by atoms with Gasteiger partial charge in [-0.05, 0) is 44.4 Å². The number of piperidine rings is 1. The zero-order valence-corrected chi connectivity index (χ0v) is 20.2. The molecule has 0 spiro atoms. The molecule has 2 aliphatic heterocycles. The Morgan fingerprint density at radius 2 is 1.94 bits per heavy atom. The molecule has 3 aromatic rings. The predicted molar refractivity (Wildman–Crippen MR) is 133 cm³/mol. The molecule has 2 fully saturated rings. The van der Waals surface area contributed by atoms with Crippen molar-refractivity contribution < 1.29 is 9.53 Å². The summed E-state index contributed by atoms with van der Waals surface area (Å²) in [5.74, 6) is 1.87. The van der Waals surface area contributed by atoms with Crippen LogP contribution in [0, 0.1) is 19.8 Å². The maximum atomic E-state index is 13.0. The number of morpholine rings is 1. The van der Waals surface area contributed by atoms with Gasteiger partial charge in [0.1, 0.15) is 16.5 Å². The quantitative estimate of drug-likeness (QED) is 0.614. The molecule has 1 atom stereocenters. The minimum absolute atomic E-state index is 0.0632. The summed E-state index contributed by atoms with van der Waals surface area (Å²) in [6.07, 6.45) is 1.87. The van der Waals surface area contributed by atoms with Crippen LogP contribution in [0.5, 0.6) is 0 Å². The van der Waals surface area contributed by atoms with E-state index in [2.05, 4.69) is 29.0 Å². The number of para-hydroxylation sites is 1. The van der Waals surface area contributed by atoms with Crippen molar-refractivity contribution >= 4 is 39.0 Å². The van der Waals surface area contributed by atoms with Crippen molar-refractivity contribution in [2.75, 3.05) is 49.6 Å². The highest BCUT2D eigenvalue weighted by molar-refractivity contribution is 7.18. The van der Waals surface area contributed by atoms with Crippen molar-refractivity contribution in [2.45, 2.75) is 33.2 Å². The van der Waals surface area contributed by atoms with E-state index in [-0.39, 0.29) is 11.8 Å². The number of carbonyl (C=O) groups excluding carboxylic acids is 1. The molecule has 7 nitrogen and oxygen atoms in total. The highest BCUT2D eigenvalue weighted by Crippen LogP contribution is 2.36. The van der Waals surface area contributed by atoms with Crippen LogP contribution in [0.15, 0.2) is 30.3 Å². The maximum absolute atomic E-state index is 13.0. The third kappa shape index (κ3) is 4.88. The topological polar surface area (TPSA) is 70.6 Å². The lowest BCUT2D eigenvalue weighted by molar-refractivity contribution is -0.120. The van der Waals surface area contributed by atoms with E-state index in [4.69, 9.17) is 14.7 Å². The molecule has 4 heterocycles. The number of fused-ring (bicyclic) bond motifs is 1. The second-order valence-corrected chi connectivity index (χ2v) is 10.2. The second-order valence-electron chi connectivity index (χ2n) is 8.96. The molecule has 5 rings (SSSR count). The Morgan fingerprint density at radius 3 is 2.73 bits per heavy atom. The number of rotatable bonds is 5. The number of amides is 1. The fourth-order valence-corrected chi connectivity index (χ4v) is 5.72. The first-order chi connectivity index (χ1) is 16.1. The van der Waals surface area contributed by atoms with Gasteiger partial charge in [-0.3, -0.25) is 9.69 Å². The van der Waals surface area contributed by atoms with Crippen LogP contribution in [0.2, 0.25) is 0 Å². The summed E-state index contributed by atoms with van der Waals surface area (Å²) < 4.78 is 5.50. The molecule has 1 aromatic carbocycles. The van der Waals surface area contributed by atoms with Crippen LogP contribution >= 0.6 is 11.3 Å². The lowest BCUT2D eigenvalue weighted by Crippen LogP contribution is -2.41. The largest absolute Gasteiger partial charge is 0.379 e. The van der Waals surface area contributed by atoms with E-state index < -0.39 is 0 Å². The molecule has 2 aromatic heterocycles. The summed E-state index contributed by atoms with van der Waals surface area (Å²) in [5.41, 5.74) is 2.10. The van der Waals surface area contributed by atoms with Crippen LogP contribution in [0.4, 0.5) is 11.5 Å². The van der Waals surface area contributed by atoms with Gasteiger partial charge in [0.2, 0.25) is 5.91 Å². The Morgan fingerprint density at radius 1 is 1.15 bits per heavy atom. The van der Waals surface area contributed by atoms with Crippen LogP contribution in [-0.2, 0) is 16.1 Å². The molecule has 0 bridgehead atoms. The number of nitrogens with zero attached hydrogens (tertiary/aromatic N) is 4. The molecule has 0 radical (unpaired) electrons. The fraction of sp³-hybridized carbons (Fsp3) is 0.480. The molecule has 0 saturated carbocycles. The van der Waals surface area contributed by atoms with E-state index in [1.54, 1.807) is 11.3 Å². The monoisotopic (exact) mass is 465 g/mol. The van der Waals surface area contributed by atoms with Gasteiger partial charge < -0.3 is 15.0 Å². The van der Waals surface area contributed by atoms with E-state index in [0.29, 0.717) is 6.54 Å². The van der Waals surface area contributed by atoms with Gasteiger partial charge in [-0.2, -0.15) is 0 Å². The Bertz CT molecular complexity index is 1130. The number of thiophene rings is 1. The smallest absolute Gasteiger partial charge is 0.229 e. The van der Waals surface area contributed by atoms with Gasteiger partial charge in [0, 0.05) is 36.7 Å². The van der Waals surface area contributed by atoms with Gasteiger partial charge >= 0.3 is 0 Å². The molecule has 1 amide bonds. The van der Waals surface area contributed by atoms with Crippen LogP contribution in [0.1, 0.15) is 29.1 Å². The molecule has 33 heavy (non-hydrogen) atoms. The summed E-state index contributed by atoms with van der Waals surface area (Å²) >= 11 is 1.74. The highest BCUT2D eigenvalue weighted by atomic mass is 32.1. The molecule has 0 aliphatic carbocycles. The Labute approximate surface area is 198 Å². The van der Waals surface area contributed by atoms with Crippen molar-refractivity contribution in [3.63, 3.8) is 0 Å². The van der Waals surface area contributed by atoms with Gasteiger partial charge in [-0.25, -0.2) is 9.97 Å². The van der Waals surface area contributed by atoms with E-state index in [9.17, 15) is 4.79 Å². The number of carbonyl (C=O) groups is 1. The number of anilines is 2. The SMILES string of the molecule is Cc1sc2nc(CN3CCOCC3)nc(N3CCCC(C(=O)Nc4ccccc4)C3)c2c1C. The van der Waals surface area contributed by atoms with Gasteiger partial charge in [-0.15, -0.1) is 11.3 Å². The van der Waals surface area contributed by atoms with Crippen molar-refractivity contribution in [1.29, 1.82) is 0 Å². The summed E-state index contributed by atoms with van der Waals surface area (Å²) in [4.78, 5) is 30.0. The third-order valence-corrected chi connectivity index (χ3v) is 7.76. The van der Waals surface area contributed by atoms with E-state index in [1.165, 1.54) is 10.4 Å². The standard InChI is InChI=1S/C25H31N5O2S/c1-17-18(2)33-25-22(17)23(27-21(28-25)16-29-11-13-32-14-12-29)30-10-6-7-19(15-30)24(31)26-20-8-4-3-5-9-20/h3-5,8-9,19H,6-7,10-16H2,1-2H3,(H,26,31). The molecular formula is C25H31N5O2S. The molecule has 1 N–H and O–H groups in total. The number of hydrogen-bond donors (Lipinski definition) is 1. The lowest BCUT2D eigenvalue weighted by Gasteiger charge is -2.34. The first-order valence-electron chi connectivity index (χ1n) is 11.8. The molecule has 2 aliphatic rings. The van der Waals surface area contributed by atoms with Crippen molar-refractivity contribution in [3.8, 4) is 0 Å². The van der Waals surface area contributed by atoms with Crippen LogP contribution in [0.25, 0.3) is 10.2 Å². The van der Waals surface area contributed by atoms with Gasteiger partial charge in [-0.1, -0.05) is 18.2 Å². The van der Waals surface area contributed by atoms with E-state index in [0.717, 1.165) is 79.8 Å². The van der Waals surface area contributed by atoms with Crippen molar-refractivity contribution in [2.24, 2.45) is 5.92 Å². The first kappa shape index (κ1) is 22.3. The normalized spacial score (nSPS) is 19.7. The van der Waals surface area contributed by atoms with Crippen LogP contribution < -0.4 is 10.2 Å². The average Bonchev–Trinajstić information content (AvgIpc) is 3.13. The number of nitrogens with one attached hydrogen (secondary N) is 1.